The van der Waals surface area contributed by atoms with E-state index in [9.17, 15) is 17.8 Å². The maximum absolute atomic E-state index is 14.0. The molecule has 10 heteroatoms. The molecule has 0 aliphatic heterocycles. The zero-order valence-corrected chi connectivity index (χ0v) is 19.1. The Morgan fingerprint density at radius 2 is 1.61 bits per heavy atom. The fourth-order valence-corrected chi connectivity index (χ4v) is 7.31. The van der Waals surface area contributed by atoms with Gasteiger partial charge in [0.1, 0.15) is 5.75 Å². The number of ketones is 1. The molecule has 3 rings (SSSR count). The van der Waals surface area contributed by atoms with Gasteiger partial charge >= 0.3 is 7.60 Å². The van der Waals surface area contributed by atoms with Crippen molar-refractivity contribution in [2.24, 2.45) is 0 Å². The van der Waals surface area contributed by atoms with Crippen LogP contribution in [0.25, 0.3) is 0 Å². The van der Waals surface area contributed by atoms with Crippen LogP contribution >= 0.6 is 7.60 Å². The number of hydrogen-bond acceptors (Lipinski definition) is 7. The van der Waals surface area contributed by atoms with E-state index >= 15 is 0 Å². The lowest BCUT2D eigenvalue weighted by molar-refractivity contribution is 0.104. The van der Waals surface area contributed by atoms with Gasteiger partial charge in [-0.3, -0.25) is 9.36 Å². The van der Waals surface area contributed by atoms with Gasteiger partial charge in [-0.15, -0.1) is 0 Å². The van der Waals surface area contributed by atoms with E-state index < -0.39 is 22.9 Å². The predicted molar refractivity (Wildman–Crippen MR) is 116 cm³/mol. The number of rotatable bonds is 9. The van der Waals surface area contributed by atoms with Crippen molar-refractivity contribution < 1.29 is 31.6 Å². The van der Waals surface area contributed by atoms with Crippen LogP contribution in [0.5, 0.6) is 5.75 Å². The number of hydrogen-bond donors (Lipinski definition) is 1. The van der Waals surface area contributed by atoms with Crippen LogP contribution in [0.3, 0.4) is 0 Å². The van der Waals surface area contributed by atoms with E-state index in [1.54, 1.807) is 32.0 Å². The number of allylic oxidation sites excluding steroid dienone is 1. The third kappa shape index (κ3) is 4.24. The summed E-state index contributed by atoms with van der Waals surface area (Å²) in [5, 5.41) is -1.93. The molecule has 0 spiro atoms. The summed E-state index contributed by atoms with van der Waals surface area (Å²) in [7, 11) is -6.92. The molecule has 8 nitrogen and oxygen atoms in total. The SMILES string of the molecule is CCOP(=O)(OCC)C1(NS(=O)(=O)c2ccc(OC)cc2)C=CC(=O)c2ccccc21. The minimum absolute atomic E-state index is 0.00719. The number of fused-ring (bicyclic) bond motifs is 1. The summed E-state index contributed by atoms with van der Waals surface area (Å²) >= 11 is 0. The van der Waals surface area contributed by atoms with Crippen molar-refractivity contribution in [2.75, 3.05) is 20.3 Å². The van der Waals surface area contributed by atoms with Gasteiger partial charge in [0.2, 0.25) is 10.0 Å². The summed E-state index contributed by atoms with van der Waals surface area (Å²) in [5.41, 5.74) is 0.409. The Kier molecular flexibility index (Phi) is 6.83. The highest BCUT2D eigenvalue weighted by molar-refractivity contribution is 7.90. The smallest absolute Gasteiger partial charge is 0.360 e. The third-order valence-electron chi connectivity index (χ3n) is 4.77. The Morgan fingerprint density at radius 1 is 1.00 bits per heavy atom. The second-order valence-electron chi connectivity index (χ2n) is 6.62. The maximum atomic E-state index is 14.0. The van der Waals surface area contributed by atoms with E-state index in [-0.39, 0.29) is 35.0 Å². The zero-order chi connectivity index (χ0) is 22.7. The van der Waals surface area contributed by atoms with Crippen molar-refractivity contribution in [3.05, 3.63) is 71.8 Å². The number of carbonyl (C=O) groups is 1. The minimum atomic E-state index is -4.22. The molecule has 1 aliphatic carbocycles. The van der Waals surface area contributed by atoms with Gasteiger partial charge in [0.15, 0.2) is 11.1 Å². The molecule has 2 aromatic carbocycles. The quantitative estimate of drug-likeness (QED) is 0.561. The average molecular weight is 465 g/mol. The number of sulfonamides is 1. The van der Waals surface area contributed by atoms with Gasteiger partial charge in [-0.05, 0) is 50.3 Å². The Bertz CT molecular complexity index is 1130. The lowest BCUT2D eigenvalue weighted by Crippen LogP contribution is -2.47. The van der Waals surface area contributed by atoms with Crippen molar-refractivity contribution in [2.45, 2.75) is 24.0 Å². The van der Waals surface area contributed by atoms with Gasteiger partial charge in [0, 0.05) is 11.1 Å². The van der Waals surface area contributed by atoms with Gasteiger partial charge in [0.05, 0.1) is 25.2 Å². The lowest BCUT2D eigenvalue weighted by Gasteiger charge is -2.39. The molecule has 1 N–H and O–H groups in total. The molecule has 31 heavy (non-hydrogen) atoms. The predicted octanol–water partition coefficient (Wildman–Crippen LogP) is 3.85. The normalized spacial score (nSPS) is 18.6. The molecular formula is C21H24NO7PS. The van der Waals surface area contributed by atoms with Gasteiger partial charge in [-0.2, -0.15) is 4.72 Å². The first kappa shape index (κ1) is 23.4. The summed E-state index contributed by atoms with van der Waals surface area (Å²) in [6.45, 7) is 3.27. The molecular weight excluding hydrogens is 441 g/mol. The zero-order valence-electron chi connectivity index (χ0n) is 17.4. The second kappa shape index (κ2) is 9.06. The van der Waals surface area contributed by atoms with Crippen LogP contribution in [0.1, 0.15) is 29.8 Å². The van der Waals surface area contributed by atoms with E-state index in [1.165, 1.54) is 49.6 Å². The minimum Gasteiger partial charge on any atom is -0.497 e. The van der Waals surface area contributed by atoms with Crippen LogP contribution in [0.4, 0.5) is 0 Å². The van der Waals surface area contributed by atoms with Gasteiger partial charge in [-0.25, -0.2) is 8.42 Å². The Hall–Kier alpha value is -2.29. The first-order valence-electron chi connectivity index (χ1n) is 9.63. The van der Waals surface area contributed by atoms with E-state index in [0.717, 1.165) is 0 Å². The Labute approximate surface area is 181 Å². The average Bonchev–Trinajstić information content (AvgIpc) is 2.76. The first-order valence-corrected chi connectivity index (χ1v) is 12.7. The van der Waals surface area contributed by atoms with Crippen LogP contribution in [0.2, 0.25) is 0 Å². The lowest BCUT2D eigenvalue weighted by atomic mass is 9.92. The summed E-state index contributed by atoms with van der Waals surface area (Å²) < 4.78 is 59.4. The topological polar surface area (TPSA) is 108 Å². The largest absolute Gasteiger partial charge is 0.497 e. The molecule has 0 heterocycles. The van der Waals surface area contributed by atoms with Crippen LogP contribution in [0, 0.1) is 0 Å². The van der Waals surface area contributed by atoms with Gasteiger partial charge in [0.25, 0.3) is 0 Å². The molecule has 1 unspecified atom stereocenters. The van der Waals surface area contributed by atoms with E-state index in [1.807, 2.05) is 0 Å². The van der Waals surface area contributed by atoms with Gasteiger partial charge in [-0.1, -0.05) is 24.3 Å². The van der Waals surface area contributed by atoms with Crippen LogP contribution in [0.15, 0.2) is 65.6 Å². The molecule has 0 bridgehead atoms. The summed E-state index contributed by atoms with van der Waals surface area (Å²) in [5.74, 6) is 0.144. The van der Waals surface area contributed by atoms with Crippen molar-refractivity contribution in [1.82, 2.24) is 4.72 Å². The highest BCUT2D eigenvalue weighted by Gasteiger charge is 2.55. The third-order valence-corrected chi connectivity index (χ3v) is 8.97. The fourth-order valence-electron chi connectivity index (χ4n) is 3.39. The number of nitrogens with one attached hydrogen (secondary N) is 1. The molecule has 0 amide bonds. The first-order chi connectivity index (χ1) is 14.7. The van der Waals surface area contributed by atoms with Crippen molar-refractivity contribution >= 4 is 23.4 Å². The van der Waals surface area contributed by atoms with Gasteiger partial charge < -0.3 is 13.8 Å². The van der Waals surface area contributed by atoms with Crippen molar-refractivity contribution in [1.29, 1.82) is 0 Å². The standard InChI is InChI=1S/C21H24NO7PS/c1-4-28-30(24,29-5-2)21(15-14-20(23)18-8-6-7-9-19(18)21)22-31(25,26)17-12-10-16(27-3)11-13-17/h6-15,22H,4-5H2,1-3H3. The van der Waals surface area contributed by atoms with E-state index in [2.05, 4.69) is 4.72 Å². The Morgan fingerprint density at radius 3 is 2.19 bits per heavy atom. The van der Waals surface area contributed by atoms with Crippen molar-refractivity contribution in [3.8, 4) is 5.75 Å². The number of ether oxygens (including phenoxy) is 1. The van der Waals surface area contributed by atoms with Crippen molar-refractivity contribution in [3.63, 3.8) is 0 Å². The Balaban J connectivity index is 2.23. The molecule has 1 atom stereocenters. The maximum Gasteiger partial charge on any atom is 0.360 e. The molecule has 2 aromatic rings. The molecule has 166 valence electrons. The van der Waals surface area contributed by atoms with E-state index in [4.69, 9.17) is 13.8 Å². The monoisotopic (exact) mass is 465 g/mol. The van der Waals surface area contributed by atoms with Crippen LogP contribution < -0.4 is 9.46 Å². The van der Waals surface area contributed by atoms with E-state index in [0.29, 0.717) is 5.75 Å². The number of benzene rings is 2. The molecule has 1 aliphatic rings. The highest BCUT2D eigenvalue weighted by Crippen LogP contribution is 2.65. The summed E-state index contributed by atoms with van der Waals surface area (Å²) in [6, 6.07) is 12.1. The highest BCUT2D eigenvalue weighted by atomic mass is 32.2. The fraction of sp³-hybridized carbons (Fsp3) is 0.286. The summed E-state index contributed by atoms with van der Waals surface area (Å²) in [6.07, 6.45) is 2.44. The second-order valence-corrected chi connectivity index (χ2v) is 10.5. The molecule has 0 radical (unpaired) electrons. The number of methoxy groups -OCH3 is 1. The molecule has 0 aromatic heterocycles. The molecule has 0 saturated carbocycles. The molecule has 0 saturated heterocycles. The summed E-state index contributed by atoms with van der Waals surface area (Å²) in [4.78, 5) is 12.4. The van der Waals surface area contributed by atoms with Crippen LogP contribution in [-0.4, -0.2) is 34.5 Å². The number of carbonyl (C=O) groups excluding carboxylic acids is 1. The molecule has 0 fully saturated rings. The van der Waals surface area contributed by atoms with Crippen LogP contribution in [-0.2, 0) is 28.9 Å².